The summed E-state index contributed by atoms with van der Waals surface area (Å²) in [5.41, 5.74) is 0. The third-order valence-electron chi connectivity index (χ3n) is 1.67. The minimum atomic E-state index is -2.16. The van der Waals surface area contributed by atoms with Gasteiger partial charge in [0.05, 0.1) is 0 Å². The van der Waals surface area contributed by atoms with Crippen molar-refractivity contribution in [2.75, 3.05) is 7.11 Å². The zero-order valence-electron chi connectivity index (χ0n) is 7.40. The Hall–Kier alpha value is -1.02. The number of hydrogen-bond acceptors (Lipinski definition) is 6. The lowest BCUT2D eigenvalue weighted by Crippen LogP contribution is -2.48. The Morgan fingerprint density at radius 1 is 1.29 bits per heavy atom. The summed E-state index contributed by atoms with van der Waals surface area (Å²) < 4.78 is 4.43. The molecule has 0 radical (unpaired) electrons. The molecule has 0 spiro atoms. The van der Waals surface area contributed by atoms with Gasteiger partial charge in [-0.15, -0.1) is 0 Å². The van der Waals surface area contributed by atoms with E-state index in [2.05, 4.69) is 4.74 Å². The van der Waals surface area contributed by atoms with Crippen molar-refractivity contribution < 1.29 is 34.8 Å². The molecule has 7 heteroatoms. The van der Waals surface area contributed by atoms with Crippen molar-refractivity contribution in [3.8, 4) is 0 Å². The maximum absolute atomic E-state index is 10.2. The second-order valence-electron chi connectivity index (χ2n) is 2.60. The maximum Gasteiger partial charge on any atom is 0.335 e. The number of aliphatic hydroxyl groups excluding tert-OH is 3. The van der Waals surface area contributed by atoms with Crippen LogP contribution in [0.1, 0.15) is 0 Å². The monoisotopic (exact) mass is 208 g/mol. The quantitative estimate of drug-likeness (QED) is 0.352. The van der Waals surface area contributed by atoms with Crippen LogP contribution in [0, 0.1) is 0 Å². The van der Waals surface area contributed by atoms with Gasteiger partial charge in [0, 0.05) is 7.11 Å². The number of carbonyl (C=O) groups is 2. The van der Waals surface area contributed by atoms with Crippen molar-refractivity contribution in [1.29, 1.82) is 0 Å². The topological polar surface area (TPSA) is 124 Å². The van der Waals surface area contributed by atoms with E-state index in [9.17, 15) is 9.59 Å². The summed E-state index contributed by atoms with van der Waals surface area (Å²) in [6.45, 7) is 0. The minimum absolute atomic E-state index is 0.197. The van der Waals surface area contributed by atoms with Crippen LogP contribution in [0.5, 0.6) is 0 Å². The number of aliphatic hydroxyl groups is 3. The molecule has 4 N–H and O–H groups in total. The lowest BCUT2D eigenvalue weighted by atomic mass is 10.0. The predicted molar refractivity (Wildman–Crippen MR) is 42.5 cm³/mol. The van der Waals surface area contributed by atoms with Crippen LogP contribution in [0.2, 0.25) is 0 Å². The van der Waals surface area contributed by atoms with Gasteiger partial charge in [0.25, 0.3) is 0 Å². The first-order valence-corrected chi connectivity index (χ1v) is 3.70. The fourth-order valence-electron chi connectivity index (χ4n) is 0.803. The number of hydrogen-bond donors (Lipinski definition) is 4. The summed E-state index contributed by atoms with van der Waals surface area (Å²) >= 11 is 0. The number of rotatable bonds is 6. The summed E-state index contributed by atoms with van der Waals surface area (Å²) in [4.78, 5) is 20.4. The van der Waals surface area contributed by atoms with Gasteiger partial charge >= 0.3 is 5.97 Å². The van der Waals surface area contributed by atoms with Crippen LogP contribution in [-0.2, 0) is 14.3 Å². The molecule has 0 fully saturated rings. The zero-order chi connectivity index (χ0) is 11.3. The number of aldehydes is 1. The van der Waals surface area contributed by atoms with Gasteiger partial charge in [-0.05, 0) is 0 Å². The number of methoxy groups -OCH3 is 1. The van der Waals surface area contributed by atoms with Gasteiger partial charge in [-0.2, -0.15) is 0 Å². The van der Waals surface area contributed by atoms with Gasteiger partial charge in [0.2, 0.25) is 0 Å². The van der Waals surface area contributed by atoms with Crippen molar-refractivity contribution in [2.45, 2.75) is 24.4 Å². The molecule has 14 heavy (non-hydrogen) atoms. The third-order valence-corrected chi connectivity index (χ3v) is 1.67. The van der Waals surface area contributed by atoms with Gasteiger partial charge in [0.15, 0.2) is 12.4 Å². The molecule has 0 amide bonds. The van der Waals surface area contributed by atoms with Gasteiger partial charge in [-0.1, -0.05) is 0 Å². The first-order valence-electron chi connectivity index (χ1n) is 3.70. The normalized spacial score (nSPS) is 19.4. The molecule has 0 unspecified atom stereocenters. The summed E-state index contributed by atoms with van der Waals surface area (Å²) in [7, 11) is 1.10. The highest BCUT2D eigenvalue weighted by atomic mass is 16.5. The minimum Gasteiger partial charge on any atom is -0.479 e. The van der Waals surface area contributed by atoms with Crippen molar-refractivity contribution >= 4 is 12.3 Å². The summed E-state index contributed by atoms with van der Waals surface area (Å²) in [5, 5.41) is 35.3. The van der Waals surface area contributed by atoms with E-state index in [4.69, 9.17) is 20.4 Å². The Balaban J connectivity index is 4.43. The molecule has 0 rings (SSSR count). The highest BCUT2D eigenvalue weighted by molar-refractivity contribution is 5.73. The molecule has 0 heterocycles. The molecule has 0 aromatic carbocycles. The average molecular weight is 208 g/mol. The largest absolute Gasteiger partial charge is 0.479 e. The number of carboxylic acid groups (broad SMARTS) is 1. The highest BCUT2D eigenvalue weighted by Gasteiger charge is 2.34. The van der Waals surface area contributed by atoms with E-state index < -0.39 is 30.4 Å². The number of carboxylic acids is 1. The average Bonchev–Trinajstić information content (AvgIpc) is 2.17. The van der Waals surface area contributed by atoms with E-state index in [1.807, 2.05) is 0 Å². The van der Waals surface area contributed by atoms with Crippen molar-refractivity contribution in [2.24, 2.45) is 0 Å². The van der Waals surface area contributed by atoms with Gasteiger partial charge < -0.3 is 30.0 Å². The zero-order valence-corrected chi connectivity index (χ0v) is 7.40. The van der Waals surface area contributed by atoms with Gasteiger partial charge in [-0.25, -0.2) is 4.79 Å². The molecule has 0 aromatic heterocycles. The molecule has 0 aromatic rings. The predicted octanol–water partition coefficient (Wildman–Crippen LogP) is -2.63. The SMILES string of the molecule is CO[C@@H](C=O)[C@@H](O)[C@H](O)[C@H](O)C(=O)O. The molecule has 0 bridgehead atoms. The molecule has 4 atom stereocenters. The van der Waals surface area contributed by atoms with Crippen LogP contribution in [0.15, 0.2) is 0 Å². The van der Waals surface area contributed by atoms with Crippen molar-refractivity contribution in [1.82, 2.24) is 0 Å². The van der Waals surface area contributed by atoms with Crippen molar-refractivity contribution in [3.05, 3.63) is 0 Å². The first kappa shape index (κ1) is 13.0. The molecular weight excluding hydrogens is 196 g/mol. The van der Waals surface area contributed by atoms with Crippen LogP contribution in [0.3, 0.4) is 0 Å². The molecule has 82 valence electrons. The summed E-state index contributed by atoms with van der Waals surface area (Å²) in [5.74, 6) is -1.70. The van der Waals surface area contributed by atoms with Crippen LogP contribution >= 0.6 is 0 Å². The van der Waals surface area contributed by atoms with Crippen LogP contribution in [0.25, 0.3) is 0 Å². The second-order valence-corrected chi connectivity index (χ2v) is 2.60. The molecule has 0 aliphatic heterocycles. The Morgan fingerprint density at radius 2 is 1.79 bits per heavy atom. The van der Waals surface area contributed by atoms with Crippen LogP contribution in [-0.4, -0.2) is 64.2 Å². The lowest BCUT2D eigenvalue weighted by molar-refractivity contribution is -0.165. The van der Waals surface area contributed by atoms with Crippen molar-refractivity contribution in [3.63, 3.8) is 0 Å². The fraction of sp³-hybridized carbons (Fsp3) is 0.714. The van der Waals surface area contributed by atoms with E-state index in [0.29, 0.717) is 0 Å². The number of ether oxygens (including phenoxy) is 1. The van der Waals surface area contributed by atoms with E-state index >= 15 is 0 Å². The molecule has 7 nitrogen and oxygen atoms in total. The Bertz CT molecular complexity index is 198. The number of aliphatic carboxylic acids is 1. The second kappa shape index (κ2) is 5.66. The van der Waals surface area contributed by atoms with E-state index in [1.54, 1.807) is 0 Å². The number of carbonyl (C=O) groups excluding carboxylic acids is 1. The van der Waals surface area contributed by atoms with E-state index in [0.717, 1.165) is 7.11 Å². The molecule has 0 saturated carbocycles. The summed E-state index contributed by atoms with van der Waals surface area (Å²) in [6, 6.07) is 0. The Kier molecular flexibility index (Phi) is 5.24. The highest BCUT2D eigenvalue weighted by Crippen LogP contribution is 2.06. The lowest BCUT2D eigenvalue weighted by Gasteiger charge is -2.23. The van der Waals surface area contributed by atoms with Gasteiger partial charge in [-0.3, -0.25) is 0 Å². The summed E-state index contributed by atoms with van der Waals surface area (Å²) in [6.07, 6.45) is -7.12. The molecular formula is C7H12O7. The Labute approximate surface area is 79.5 Å². The Morgan fingerprint density at radius 3 is 2.07 bits per heavy atom. The fourth-order valence-corrected chi connectivity index (χ4v) is 0.803. The first-order chi connectivity index (χ1) is 6.45. The third kappa shape index (κ3) is 3.04. The van der Waals surface area contributed by atoms with Crippen LogP contribution in [0.4, 0.5) is 0 Å². The van der Waals surface area contributed by atoms with E-state index in [1.165, 1.54) is 0 Å². The van der Waals surface area contributed by atoms with E-state index in [-0.39, 0.29) is 6.29 Å². The molecule has 0 saturated heterocycles. The standard InChI is InChI=1S/C7H12O7/c1-14-3(2-8)4(9)5(10)6(11)7(12)13/h2-6,9-11H,1H3,(H,12,13)/t3-,4+,5-,6-/m0/s1. The van der Waals surface area contributed by atoms with Gasteiger partial charge in [0.1, 0.15) is 18.3 Å². The smallest absolute Gasteiger partial charge is 0.335 e. The molecule has 0 aliphatic carbocycles. The van der Waals surface area contributed by atoms with Crippen LogP contribution < -0.4 is 0 Å². The maximum atomic E-state index is 10.2. The molecule has 0 aliphatic rings.